The Kier molecular flexibility index (Phi) is 6.28. The van der Waals surface area contributed by atoms with Gasteiger partial charge in [-0.05, 0) is 87.0 Å². The van der Waals surface area contributed by atoms with Crippen LogP contribution in [-0.2, 0) is 10.8 Å². The van der Waals surface area contributed by atoms with Crippen LogP contribution in [0.1, 0.15) is 78.9 Å². The van der Waals surface area contributed by atoms with E-state index in [2.05, 4.69) is 95.0 Å². The minimum atomic E-state index is -1.15. The van der Waals surface area contributed by atoms with Gasteiger partial charge in [-0.1, -0.05) is 84.0 Å². The monoisotopic (exact) mass is 597 g/mol. The topological polar surface area (TPSA) is 37.4 Å². The highest BCUT2D eigenvalue weighted by Gasteiger charge is 2.35. The Hall–Kier alpha value is -4.90. The molecule has 0 amide bonds. The predicted octanol–water partition coefficient (Wildman–Crippen LogP) is 10.6. The van der Waals surface area contributed by atoms with Gasteiger partial charge in [0.15, 0.2) is 23.2 Å². The molecule has 7 rings (SSSR count). The van der Waals surface area contributed by atoms with Crippen LogP contribution in [-0.4, -0.2) is 11.6 Å². The number of anilines is 3. The molecule has 0 spiro atoms. The number of Topliss-reactive ketones (excluding diaryl/α,β-unsaturated/α-hetero) is 2. The fraction of sp³-hybridized carbons (Fsp3) is 0.200. The van der Waals surface area contributed by atoms with Gasteiger partial charge in [-0.3, -0.25) is 9.59 Å². The summed E-state index contributed by atoms with van der Waals surface area (Å²) in [4.78, 5) is 28.8. The summed E-state index contributed by atoms with van der Waals surface area (Å²) in [7, 11) is 0. The summed E-state index contributed by atoms with van der Waals surface area (Å²) < 4.78 is 28.0. The molecule has 5 aromatic carbocycles. The van der Waals surface area contributed by atoms with Gasteiger partial charge < -0.3 is 4.90 Å². The van der Waals surface area contributed by atoms with E-state index < -0.39 is 23.2 Å². The lowest BCUT2D eigenvalue weighted by molar-refractivity contribution is 0.0990. The minimum Gasteiger partial charge on any atom is -0.309 e. The fourth-order valence-corrected chi connectivity index (χ4v) is 6.48. The molecule has 5 heteroatoms. The van der Waals surface area contributed by atoms with E-state index in [1.807, 2.05) is 24.3 Å². The van der Waals surface area contributed by atoms with Crippen molar-refractivity contribution in [3.63, 3.8) is 0 Å². The maximum absolute atomic E-state index is 14.0. The number of hydrogen-bond acceptors (Lipinski definition) is 3. The maximum Gasteiger partial charge on any atom is 0.197 e. The Labute approximate surface area is 261 Å². The molecule has 0 fully saturated rings. The fourth-order valence-electron chi connectivity index (χ4n) is 6.48. The van der Waals surface area contributed by atoms with E-state index in [0.717, 1.165) is 51.1 Å². The molecule has 0 atom stereocenters. The molecule has 2 aliphatic rings. The van der Waals surface area contributed by atoms with Crippen molar-refractivity contribution < 1.29 is 18.4 Å². The summed E-state index contributed by atoms with van der Waals surface area (Å²) in [5, 5.41) is 1.87. The van der Waals surface area contributed by atoms with Gasteiger partial charge in [-0.2, -0.15) is 0 Å². The van der Waals surface area contributed by atoms with Crippen LogP contribution >= 0.6 is 0 Å². The number of nitrogens with zero attached hydrogens (tertiary/aromatic N) is 1. The van der Waals surface area contributed by atoms with Crippen molar-refractivity contribution in [1.82, 2.24) is 0 Å². The average Bonchev–Trinajstić information content (AvgIpc) is 3.21. The van der Waals surface area contributed by atoms with Crippen LogP contribution in [0.5, 0.6) is 0 Å². The van der Waals surface area contributed by atoms with Gasteiger partial charge in [-0.15, -0.1) is 0 Å². The van der Waals surface area contributed by atoms with E-state index in [0.29, 0.717) is 5.56 Å². The number of ketones is 2. The maximum atomic E-state index is 14.0. The normalized spacial score (nSPS) is 14.2. The molecule has 224 valence electrons. The lowest BCUT2D eigenvalue weighted by Gasteiger charge is -2.35. The molecule has 0 saturated carbocycles. The molecular formula is C40H33F2NO2. The Morgan fingerprint density at radius 2 is 1.18 bits per heavy atom. The summed E-state index contributed by atoms with van der Waals surface area (Å²) in [6.07, 6.45) is 1.56. The smallest absolute Gasteiger partial charge is 0.197 e. The van der Waals surface area contributed by atoms with Gasteiger partial charge in [0.25, 0.3) is 0 Å². The molecule has 0 unspecified atom stereocenters. The Morgan fingerprint density at radius 1 is 0.600 bits per heavy atom. The van der Waals surface area contributed by atoms with Crippen LogP contribution < -0.4 is 4.90 Å². The third-order valence-corrected chi connectivity index (χ3v) is 9.02. The van der Waals surface area contributed by atoms with Gasteiger partial charge in [0.1, 0.15) is 0 Å². The van der Waals surface area contributed by atoms with Crippen molar-refractivity contribution in [3.8, 4) is 11.1 Å². The first-order valence-electron chi connectivity index (χ1n) is 15.2. The Balaban J connectivity index is 1.46. The molecule has 0 radical (unpaired) electrons. The molecule has 0 saturated heterocycles. The third-order valence-electron chi connectivity index (χ3n) is 9.02. The molecule has 3 nitrogen and oxygen atoms in total. The summed E-state index contributed by atoms with van der Waals surface area (Å²) in [6.45, 7) is 13.2. The van der Waals surface area contributed by atoms with Gasteiger partial charge in [0.05, 0.1) is 16.9 Å². The summed E-state index contributed by atoms with van der Waals surface area (Å²) in [6, 6.07) is 27.0. The Bertz CT molecular complexity index is 2080. The first kappa shape index (κ1) is 28.8. The molecule has 1 aliphatic heterocycles. The molecule has 1 aliphatic carbocycles. The van der Waals surface area contributed by atoms with Crippen LogP contribution in [0.4, 0.5) is 25.8 Å². The molecule has 0 N–H and O–H groups in total. The number of halogens is 2. The van der Waals surface area contributed by atoms with E-state index in [-0.39, 0.29) is 27.5 Å². The Morgan fingerprint density at radius 3 is 1.78 bits per heavy atom. The first-order chi connectivity index (χ1) is 21.2. The second-order valence-electron chi connectivity index (χ2n) is 14.0. The molecule has 5 aromatic rings. The number of fused-ring (bicyclic) bond motifs is 3. The average molecular weight is 598 g/mol. The molecule has 1 heterocycles. The highest BCUT2D eigenvalue weighted by molar-refractivity contribution is 6.41. The number of carbonyl (C=O) groups excluding carboxylic acids is 2. The van der Waals surface area contributed by atoms with E-state index in [1.165, 1.54) is 11.1 Å². The summed E-state index contributed by atoms with van der Waals surface area (Å²) >= 11 is 0. The predicted molar refractivity (Wildman–Crippen MR) is 178 cm³/mol. The minimum absolute atomic E-state index is 0.0151. The number of benzene rings is 5. The lowest BCUT2D eigenvalue weighted by atomic mass is 9.82. The summed E-state index contributed by atoms with van der Waals surface area (Å²) in [5.41, 5.74) is 7.99. The van der Waals surface area contributed by atoms with Crippen molar-refractivity contribution >= 4 is 45.5 Å². The number of allylic oxidation sites excluding steroid dienone is 1. The zero-order chi connectivity index (χ0) is 32.0. The van der Waals surface area contributed by atoms with Crippen molar-refractivity contribution in [3.05, 3.63) is 130 Å². The van der Waals surface area contributed by atoms with Crippen molar-refractivity contribution in [2.75, 3.05) is 4.90 Å². The third kappa shape index (κ3) is 4.52. The van der Waals surface area contributed by atoms with Crippen LogP contribution in [0.25, 0.3) is 28.0 Å². The highest BCUT2D eigenvalue weighted by Crippen LogP contribution is 2.52. The van der Waals surface area contributed by atoms with Gasteiger partial charge in [-0.25, -0.2) is 8.78 Å². The van der Waals surface area contributed by atoms with Crippen molar-refractivity contribution in [2.24, 2.45) is 0 Å². The van der Waals surface area contributed by atoms with Crippen LogP contribution in [0.15, 0.2) is 90.5 Å². The second-order valence-corrected chi connectivity index (χ2v) is 14.0. The standard InChI is InChI=1S/C40H33F2NO2/c1-39(2,3)23-11-14-25(15-12-23)43-34-17-13-24(40(4,5)6)19-28(34)27-9-7-8-26-22(10-16-35(43)36(26)27)18-31-37(44)29-20-32(41)33(42)21-30(29)38(31)45/h7-21H,1-6H3. The SMILES string of the molecule is CC(C)(C)c1ccc(N2c3ccc(C(C)(C)C)cc3-c3cccc4c(C=C5C(=O)c6cc(F)c(F)cc6C5=O)ccc2c34)cc1. The number of rotatable bonds is 2. The number of carbonyl (C=O) groups is 2. The largest absolute Gasteiger partial charge is 0.309 e. The van der Waals surface area contributed by atoms with Gasteiger partial charge in [0.2, 0.25) is 0 Å². The van der Waals surface area contributed by atoms with Gasteiger partial charge in [0, 0.05) is 27.8 Å². The zero-order valence-corrected chi connectivity index (χ0v) is 26.2. The quantitative estimate of drug-likeness (QED) is 0.147. The van der Waals surface area contributed by atoms with Crippen LogP contribution in [0.3, 0.4) is 0 Å². The van der Waals surface area contributed by atoms with Crippen molar-refractivity contribution in [1.29, 1.82) is 0 Å². The number of hydrogen-bond donors (Lipinski definition) is 0. The lowest BCUT2D eigenvalue weighted by Crippen LogP contribution is -2.18. The van der Waals surface area contributed by atoms with E-state index in [4.69, 9.17) is 0 Å². The first-order valence-corrected chi connectivity index (χ1v) is 15.2. The molecule has 0 bridgehead atoms. The summed E-state index contributed by atoms with van der Waals surface area (Å²) in [5.74, 6) is -3.51. The highest BCUT2D eigenvalue weighted by atomic mass is 19.2. The van der Waals surface area contributed by atoms with E-state index in [1.54, 1.807) is 6.08 Å². The van der Waals surface area contributed by atoms with Crippen molar-refractivity contribution in [2.45, 2.75) is 52.4 Å². The zero-order valence-electron chi connectivity index (χ0n) is 26.2. The molecular weight excluding hydrogens is 564 g/mol. The van der Waals surface area contributed by atoms with E-state index in [9.17, 15) is 18.4 Å². The van der Waals surface area contributed by atoms with E-state index >= 15 is 0 Å². The van der Waals surface area contributed by atoms with Crippen LogP contribution in [0, 0.1) is 11.6 Å². The van der Waals surface area contributed by atoms with Crippen LogP contribution in [0.2, 0.25) is 0 Å². The second kappa shape index (κ2) is 9.80. The van der Waals surface area contributed by atoms with Gasteiger partial charge >= 0.3 is 0 Å². The molecule has 45 heavy (non-hydrogen) atoms. The molecule has 0 aromatic heterocycles.